The number of nitrogens with one attached hydrogen (secondary N) is 5. The molecule has 0 unspecified atom stereocenters. The molecular formula is C61H56N6O11. The molecule has 17 nitrogen and oxygen atoms in total. The van der Waals surface area contributed by atoms with Gasteiger partial charge in [-0.3, -0.25) is 34.1 Å². The van der Waals surface area contributed by atoms with Crippen LogP contribution in [0, 0.1) is 16.0 Å². The van der Waals surface area contributed by atoms with E-state index in [1.54, 1.807) is 12.1 Å². The number of anilines is 3. The number of hydrogen-bond donors (Lipinski definition) is 5. The molecule has 0 heterocycles. The van der Waals surface area contributed by atoms with E-state index in [1.807, 2.05) is 105 Å². The van der Waals surface area contributed by atoms with Gasteiger partial charge in [0, 0.05) is 34.6 Å². The Morgan fingerprint density at radius 3 is 1.62 bits per heavy atom. The van der Waals surface area contributed by atoms with E-state index < -0.39 is 58.4 Å². The third-order valence-electron chi connectivity index (χ3n) is 11.9. The van der Waals surface area contributed by atoms with E-state index in [-0.39, 0.29) is 76.6 Å². The van der Waals surface area contributed by atoms with Crippen molar-refractivity contribution in [3.63, 3.8) is 0 Å². The van der Waals surface area contributed by atoms with Crippen LogP contribution in [0.25, 0.3) is 0 Å². The minimum Gasteiger partial charge on any atom is -0.487 e. The summed E-state index contributed by atoms with van der Waals surface area (Å²) >= 11 is 0. The molecule has 396 valence electrons. The summed E-state index contributed by atoms with van der Waals surface area (Å²) in [6.07, 6.45) is 2.39. The number of carbonyl (C=O) groups excluding carboxylic acids is 6. The summed E-state index contributed by atoms with van der Waals surface area (Å²) in [6.45, 7) is 11.3. The molecule has 0 fully saturated rings. The SMILES string of the molecule is C=CCOC(=O)c1ccc(NC(=O)c2ccc(NC(=O)c3ccc(NC(=O)[C@H](CC(=O)NC(c4ccccc4)(c4ccccc4)c4ccccc4)NC(=O)c4ccc([N+](=O)[O-])cc4)cc3)c(OCC(C)C)c2OCC=C)cc1. The molecule has 0 bridgehead atoms. The highest BCUT2D eigenvalue weighted by Crippen LogP contribution is 2.41. The van der Waals surface area contributed by atoms with Gasteiger partial charge in [0.2, 0.25) is 11.8 Å². The molecule has 0 saturated carbocycles. The Morgan fingerprint density at radius 2 is 1.09 bits per heavy atom. The minimum absolute atomic E-state index is 0.00343. The second kappa shape index (κ2) is 26.4. The predicted octanol–water partition coefficient (Wildman–Crippen LogP) is 10.3. The highest BCUT2D eigenvalue weighted by molar-refractivity contribution is 6.10. The summed E-state index contributed by atoms with van der Waals surface area (Å²) in [4.78, 5) is 93.5. The molecule has 7 rings (SSSR count). The first kappa shape index (κ1) is 55.6. The molecule has 0 aliphatic carbocycles. The van der Waals surface area contributed by atoms with Crippen molar-refractivity contribution in [2.24, 2.45) is 5.92 Å². The Kier molecular flexibility index (Phi) is 18.8. The standard InChI is InChI=1S/C61H56N6O11/c1-5-36-76-54-50(58(71)62-47-30-24-43(25-31-47)60(73)77-37-6-2)34-35-51(55(54)78-39-40(3)4)64-56(69)41-22-28-48(29-23-41)63-59(72)52(65-57(70)42-26-32-49(33-27-42)67(74)75)38-53(68)66-61(44-16-10-7-11-17-44,45-18-12-8-13-19-45)46-20-14-9-15-21-46/h5-35,40,52H,1-2,36-39H2,3-4H3,(H,62,71)(H,63,72)(H,64,69)(H,65,70)(H,66,68)/t52-/m0/s1. The molecule has 0 aromatic heterocycles. The molecule has 0 radical (unpaired) electrons. The van der Waals surface area contributed by atoms with Crippen LogP contribution < -0.4 is 36.1 Å². The number of nitro benzene ring substituents is 1. The molecule has 7 aromatic carbocycles. The number of non-ortho nitro benzene ring substituents is 1. The summed E-state index contributed by atoms with van der Waals surface area (Å²) in [5, 5.41) is 25.6. The number of amides is 5. The minimum atomic E-state index is -1.50. The third-order valence-corrected chi connectivity index (χ3v) is 11.9. The van der Waals surface area contributed by atoms with Crippen molar-refractivity contribution in [1.82, 2.24) is 10.6 Å². The first-order valence-corrected chi connectivity index (χ1v) is 24.7. The lowest BCUT2D eigenvalue weighted by Gasteiger charge is -2.37. The van der Waals surface area contributed by atoms with Crippen LogP contribution in [0.4, 0.5) is 22.7 Å². The zero-order chi connectivity index (χ0) is 55.6. The summed E-state index contributed by atoms with van der Waals surface area (Å²) in [5.74, 6) is -3.76. The van der Waals surface area contributed by atoms with E-state index in [9.17, 15) is 38.9 Å². The zero-order valence-electron chi connectivity index (χ0n) is 42.7. The summed E-state index contributed by atoms with van der Waals surface area (Å²) < 4.78 is 17.3. The number of esters is 1. The van der Waals surface area contributed by atoms with E-state index in [4.69, 9.17) is 14.2 Å². The lowest BCUT2D eigenvalue weighted by atomic mass is 9.77. The number of ether oxygens (including phenoxy) is 3. The van der Waals surface area contributed by atoms with Gasteiger partial charge in [0.15, 0.2) is 11.5 Å². The summed E-state index contributed by atoms with van der Waals surface area (Å²) in [6, 6.07) is 46.2. The molecule has 0 saturated heterocycles. The van der Waals surface area contributed by atoms with Crippen molar-refractivity contribution in [2.75, 3.05) is 35.8 Å². The lowest BCUT2D eigenvalue weighted by Crippen LogP contribution is -2.52. The van der Waals surface area contributed by atoms with Crippen LogP contribution in [0.2, 0.25) is 0 Å². The third kappa shape index (κ3) is 14.0. The smallest absolute Gasteiger partial charge is 0.338 e. The van der Waals surface area contributed by atoms with Gasteiger partial charge in [0.05, 0.1) is 34.8 Å². The first-order chi connectivity index (χ1) is 37.7. The van der Waals surface area contributed by atoms with Gasteiger partial charge in [0.1, 0.15) is 24.8 Å². The zero-order valence-corrected chi connectivity index (χ0v) is 42.7. The van der Waals surface area contributed by atoms with Crippen LogP contribution in [0.5, 0.6) is 11.5 Å². The van der Waals surface area contributed by atoms with Gasteiger partial charge in [-0.05, 0) is 95.4 Å². The monoisotopic (exact) mass is 1050 g/mol. The number of hydrogen-bond acceptors (Lipinski definition) is 11. The summed E-state index contributed by atoms with van der Waals surface area (Å²) in [5.41, 5.74) is 1.93. The van der Waals surface area contributed by atoms with Gasteiger partial charge in [-0.2, -0.15) is 0 Å². The average molecular weight is 1050 g/mol. The molecule has 0 spiro atoms. The van der Waals surface area contributed by atoms with Gasteiger partial charge >= 0.3 is 5.97 Å². The second-order valence-electron chi connectivity index (χ2n) is 18.0. The number of carbonyl (C=O) groups is 6. The average Bonchev–Trinajstić information content (AvgIpc) is 3.59. The van der Waals surface area contributed by atoms with Gasteiger partial charge in [0.25, 0.3) is 23.4 Å². The maximum absolute atomic E-state index is 14.6. The fraction of sp³-hybridized carbons (Fsp3) is 0.148. The molecule has 5 N–H and O–H groups in total. The van der Waals surface area contributed by atoms with Crippen LogP contribution in [0.3, 0.4) is 0 Å². The van der Waals surface area contributed by atoms with Gasteiger partial charge in [-0.15, -0.1) is 0 Å². The molecule has 5 amide bonds. The molecular weight excluding hydrogens is 993 g/mol. The van der Waals surface area contributed by atoms with Crippen LogP contribution in [0.1, 0.15) is 78.4 Å². The Balaban J connectivity index is 1.13. The molecule has 7 aromatic rings. The van der Waals surface area contributed by atoms with Crippen LogP contribution in [-0.2, 0) is 19.9 Å². The largest absolute Gasteiger partial charge is 0.487 e. The van der Waals surface area contributed by atoms with Gasteiger partial charge in [-0.25, -0.2) is 4.79 Å². The van der Waals surface area contributed by atoms with Crippen molar-refractivity contribution in [3.05, 3.63) is 250 Å². The van der Waals surface area contributed by atoms with Crippen LogP contribution in [0.15, 0.2) is 201 Å². The number of rotatable bonds is 24. The second-order valence-corrected chi connectivity index (χ2v) is 18.0. The number of nitro groups is 1. The van der Waals surface area contributed by atoms with Crippen molar-refractivity contribution >= 4 is 58.3 Å². The molecule has 0 aliphatic rings. The highest BCUT2D eigenvalue weighted by Gasteiger charge is 2.39. The Labute approximate surface area is 450 Å². The summed E-state index contributed by atoms with van der Waals surface area (Å²) in [7, 11) is 0. The number of benzene rings is 7. The van der Waals surface area contributed by atoms with E-state index in [2.05, 4.69) is 39.7 Å². The molecule has 1 atom stereocenters. The molecule has 17 heteroatoms. The fourth-order valence-electron chi connectivity index (χ4n) is 8.17. The normalized spacial score (nSPS) is 11.2. The first-order valence-electron chi connectivity index (χ1n) is 24.7. The van der Waals surface area contributed by atoms with Crippen molar-refractivity contribution < 1.29 is 47.9 Å². The van der Waals surface area contributed by atoms with Crippen LogP contribution in [-0.4, -0.2) is 66.3 Å². The van der Waals surface area contributed by atoms with Gasteiger partial charge in [-0.1, -0.05) is 130 Å². The van der Waals surface area contributed by atoms with E-state index in [1.165, 1.54) is 72.8 Å². The Bertz CT molecular complexity index is 3180. The Hall–Kier alpha value is -10.2. The topological polar surface area (TPSA) is 233 Å². The van der Waals surface area contributed by atoms with Crippen molar-refractivity contribution in [1.29, 1.82) is 0 Å². The maximum atomic E-state index is 14.6. The van der Waals surface area contributed by atoms with Crippen molar-refractivity contribution in [3.8, 4) is 11.5 Å². The van der Waals surface area contributed by atoms with E-state index >= 15 is 0 Å². The van der Waals surface area contributed by atoms with E-state index in [0.717, 1.165) is 28.8 Å². The lowest BCUT2D eigenvalue weighted by molar-refractivity contribution is -0.384. The maximum Gasteiger partial charge on any atom is 0.338 e. The van der Waals surface area contributed by atoms with Gasteiger partial charge < -0.3 is 40.8 Å². The fourth-order valence-corrected chi connectivity index (χ4v) is 8.17. The van der Waals surface area contributed by atoms with Crippen LogP contribution >= 0.6 is 0 Å². The molecule has 78 heavy (non-hydrogen) atoms. The Morgan fingerprint density at radius 1 is 0.577 bits per heavy atom. The molecule has 0 aliphatic heterocycles. The number of nitrogens with zero attached hydrogens (tertiary/aromatic N) is 1. The quantitative estimate of drug-likeness (QED) is 0.0126. The predicted molar refractivity (Wildman–Crippen MR) is 297 cm³/mol. The van der Waals surface area contributed by atoms with Crippen molar-refractivity contribution in [2.45, 2.75) is 31.8 Å². The van der Waals surface area contributed by atoms with E-state index in [0.29, 0.717) is 5.69 Å². The highest BCUT2D eigenvalue weighted by atomic mass is 16.6.